The van der Waals surface area contributed by atoms with Crippen molar-refractivity contribution in [3.05, 3.63) is 0 Å². The Hall–Kier alpha value is -0.0400. The number of nitrogens with two attached hydrogens (primary N) is 1. The standard InChI is InChI=1S/C13H27N/c1-3-6-12(7-4-2)13(14)10-11-8-5-9-11/h11-13H,3-10,14H2,1-2H3. The molecular formula is C13H27N. The monoisotopic (exact) mass is 197 g/mol. The van der Waals surface area contributed by atoms with Crippen LogP contribution in [0.1, 0.15) is 65.2 Å². The Balaban J connectivity index is 2.24. The highest BCUT2D eigenvalue weighted by Gasteiger charge is 2.24. The molecule has 1 heteroatoms. The van der Waals surface area contributed by atoms with Gasteiger partial charge in [-0.05, 0) is 31.1 Å². The van der Waals surface area contributed by atoms with E-state index in [1.54, 1.807) is 0 Å². The lowest BCUT2D eigenvalue weighted by molar-refractivity contribution is 0.234. The molecule has 0 aromatic rings. The molecule has 0 saturated heterocycles. The van der Waals surface area contributed by atoms with Gasteiger partial charge < -0.3 is 5.73 Å². The van der Waals surface area contributed by atoms with Crippen molar-refractivity contribution in [3.8, 4) is 0 Å². The van der Waals surface area contributed by atoms with E-state index in [1.165, 1.54) is 51.4 Å². The fourth-order valence-corrected chi connectivity index (χ4v) is 2.62. The lowest BCUT2D eigenvalue weighted by Gasteiger charge is -2.31. The van der Waals surface area contributed by atoms with Crippen molar-refractivity contribution in [2.75, 3.05) is 0 Å². The van der Waals surface area contributed by atoms with Crippen LogP contribution in [0, 0.1) is 11.8 Å². The summed E-state index contributed by atoms with van der Waals surface area (Å²) in [7, 11) is 0. The Bertz CT molecular complexity index is 134. The van der Waals surface area contributed by atoms with Gasteiger partial charge in [0.1, 0.15) is 0 Å². The predicted molar refractivity (Wildman–Crippen MR) is 63.2 cm³/mol. The van der Waals surface area contributed by atoms with Crippen molar-refractivity contribution >= 4 is 0 Å². The number of hydrogen-bond donors (Lipinski definition) is 1. The quantitative estimate of drug-likeness (QED) is 0.661. The highest BCUT2D eigenvalue weighted by atomic mass is 14.7. The number of hydrogen-bond acceptors (Lipinski definition) is 1. The normalized spacial score (nSPS) is 19.7. The fourth-order valence-electron chi connectivity index (χ4n) is 2.62. The summed E-state index contributed by atoms with van der Waals surface area (Å²) in [5, 5.41) is 0. The summed E-state index contributed by atoms with van der Waals surface area (Å²) in [6.45, 7) is 4.55. The van der Waals surface area contributed by atoms with Gasteiger partial charge in [0.2, 0.25) is 0 Å². The molecule has 1 rings (SSSR count). The molecule has 2 N–H and O–H groups in total. The Labute approximate surface area is 89.5 Å². The van der Waals surface area contributed by atoms with Crippen LogP contribution in [-0.4, -0.2) is 6.04 Å². The van der Waals surface area contributed by atoms with Gasteiger partial charge in [-0.15, -0.1) is 0 Å². The van der Waals surface area contributed by atoms with Crippen LogP contribution in [0.2, 0.25) is 0 Å². The Morgan fingerprint density at radius 1 is 1.14 bits per heavy atom. The molecule has 0 bridgehead atoms. The van der Waals surface area contributed by atoms with Crippen LogP contribution in [0.5, 0.6) is 0 Å². The Kier molecular flexibility index (Phi) is 5.54. The molecule has 84 valence electrons. The second-order valence-electron chi connectivity index (χ2n) is 5.03. The van der Waals surface area contributed by atoms with E-state index in [2.05, 4.69) is 13.8 Å². The van der Waals surface area contributed by atoms with Crippen molar-refractivity contribution in [2.24, 2.45) is 17.6 Å². The first-order valence-corrected chi connectivity index (χ1v) is 6.53. The molecule has 1 unspecified atom stereocenters. The molecule has 1 aliphatic carbocycles. The molecule has 1 fully saturated rings. The zero-order chi connectivity index (χ0) is 10.4. The van der Waals surface area contributed by atoms with Crippen molar-refractivity contribution < 1.29 is 0 Å². The maximum Gasteiger partial charge on any atom is 0.00697 e. The summed E-state index contributed by atoms with van der Waals surface area (Å²) in [6, 6.07) is 0.486. The second kappa shape index (κ2) is 6.44. The molecule has 0 spiro atoms. The van der Waals surface area contributed by atoms with Gasteiger partial charge in [-0.1, -0.05) is 46.0 Å². The van der Waals surface area contributed by atoms with E-state index in [-0.39, 0.29) is 0 Å². The van der Waals surface area contributed by atoms with E-state index in [0.717, 1.165) is 11.8 Å². The third kappa shape index (κ3) is 3.61. The van der Waals surface area contributed by atoms with E-state index in [0.29, 0.717) is 6.04 Å². The second-order valence-corrected chi connectivity index (χ2v) is 5.03. The fraction of sp³-hybridized carbons (Fsp3) is 1.00. The highest BCUT2D eigenvalue weighted by Crippen LogP contribution is 2.32. The average Bonchev–Trinajstić information content (AvgIpc) is 2.11. The van der Waals surface area contributed by atoms with Crippen molar-refractivity contribution in [1.29, 1.82) is 0 Å². The first-order chi connectivity index (χ1) is 6.77. The number of rotatable bonds is 7. The molecule has 0 aromatic carbocycles. The van der Waals surface area contributed by atoms with Crippen molar-refractivity contribution in [3.63, 3.8) is 0 Å². The van der Waals surface area contributed by atoms with Gasteiger partial charge in [-0.2, -0.15) is 0 Å². The molecular weight excluding hydrogens is 170 g/mol. The van der Waals surface area contributed by atoms with E-state index >= 15 is 0 Å². The molecule has 0 heterocycles. The van der Waals surface area contributed by atoms with Crippen LogP contribution in [0.15, 0.2) is 0 Å². The summed E-state index contributed by atoms with van der Waals surface area (Å²) in [5.41, 5.74) is 6.30. The van der Waals surface area contributed by atoms with Crippen LogP contribution in [0.3, 0.4) is 0 Å². The van der Waals surface area contributed by atoms with Gasteiger partial charge in [0, 0.05) is 6.04 Å². The van der Waals surface area contributed by atoms with Crippen LogP contribution in [0.4, 0.5) is 0 Å². The molecule has 0 amide bonds. The van der Waals surface area contributed by atoms with E-state index in [9.17, 15) is 0 Å². The Morgan fingerprint density at radius 2 is 1.71 bits per heavy atom. The lowest BCUT2D eigenvalue weighted by atomic mass is 9.77. The van der Waals surface area contributed by atoms with Gasteiger partial charge in [0.25, 0.3) is 0 Å². The third-order valence-corrected chi connectivity index (χ3v) is 3.75. The highest BCUT2D eigenvalue weighted by molar-refractivity contribution is 4.79. The minimum atomic E-state index is 0.486. The summed E-state index contributed by atoms with van der Waals surface area (Å²) in [5.74, 6) is 1.77. The molecule has 1 saturated carbocycles. The predicted octanol–water partition coefficient (Wildman–Crippen LogP) is 3.72. The molecule has 14 heavy (non-hydrogen) atoms. The van der Waals surface area contributed by atoms with E-state index < -0.39 is 0 Å². The van der Waals surface area contributed by atoms with E-state index in [1.807, 2.05) is 0 Å². The first-order valence-electron chi connectivity index (χ1n) is 6.53. The summed E-state index contributed by atoms with van der Waals surface area (Å²) >= 11 is 0. The van der Waals surface area contributed by atoms with Crippen molar-refractivity contribution in [1.82, 2.24) is 0 Å². The molecule has 1 aliphatic rings. The van der Waals surface area contributed by atoms with Crippen LogP contribution in [0.25, 0.3) is 0 Å². The van der Waals surface area contributed by atoms with Gasteiger partial charge >= 0.3 is 0 Å². The van der Waals surface area contributed by atoms with E-state index in [4.69, 9.17) is 5.73 Å². The minimum Gasteiger partial charge on any atom is -0.327 e. The largest absolute Gasteiger partial charge is 0.327 e. The average molecular weight is 197 g/mol. The molecule has 0 aliphatic heterocycles. The maximum atomic E-state index is 6.30. The zero-order valence-corrected chi connectivity index (χ0v) is 9.97. The van der Waals surface area contributed by atoms with Crippen molar-refractivity contribution in [2.45, 2.75) is 71.3 Å². The van der Waals surface area contributed by atoms with Gasteiger partial charge in [0.05, 0.1) is 0 Å². The summed E-state index contributed by atoms with van der Waals surface area (Å²) in [6.07, 6.45) is 10.9. The smallest absolute Gasteiger partial charge is 0.00697 e. The zero-order valence-electron chi connectivity index (χ0n) is 9.97. The molecule has 1 atom stereocenters. The maximum absolute atomic E-state index is 6.30. The molecule has 1 nitrogen and oxygen atoms in total. The molecule has 0 aromatic heterocycles. The van der Waals surface area contributed by atoms with Crippen LogP contribution in [-0.2, 0) is 0 Å². The lowest BCUT2D eigenvalue weighted by Crippen LogP contribution is -2.34. The van der Waals surface area contributed by atoms with Gasteiger partial charge in [-0.25, -0.2) is 0 Å². The summed E-state index contributed by atoms with van der Waals surface area (Å²) < 4.78 is 0. The van der Waals surface area contributed by atoms with Crippen LogP contribution >= 0.6 is 0 Å². The minimum absolute atomic E-state index is 0.486. The Morgan fingerprint density at radius 3 is 2.07 bits per heavy atom. The third-order valence-electron chi connectivity index (χ3n) is 3.75. The SMILES string of the molecule is CCCC(CCC)C(N)CC1CCC1. The topological polar surface area (TPSA) is 26.0 Å². The summed E-state index contributed by atoms with van der Waals surface area (Å²) in [4.78, 5) is 0. The first kappa shape index (κ1) is 12.0. The van der Waals surface area contributed by atoms with Gasteiger partial charge in [0.15, 0.2) is 0 Å². The molecule has 0 radical (unpaired) electrons. The van der Waals surface area contributed by atoms with Gasteiger partial charge in [-0.3, -0.25) is 0 Å². The van der Waals surface area contributed by atoms with Crippen LogP contribution < -0.4 is 5.73 Å².